The van der Waals surface area contributed by atoms with Gasteiger partial charge in [0, 0.05) is 17.5 Å². The minimum atomic E-state index is -1.15. The van der Waals surface area contributed by atoms with Crippen LogP contribution in [0.3, 0.4) is 0 Å². The van der Waals surface area contributed by atoms with E-state index in [1.807, 2.05) is 71.6 Å². The number of hydrogen-bond donors (Lipinski definition) is 1. The van der Waals surface area contributed by atoms with Crippen LogP contribution in [0.1, 0.15) is 65.5 Å². The lowest BCUT2D eigenvalue weighted by atomic mass is 9.83. The number of thiophene rings is 1. The third kappa shape index (κ3) is 4.17. The summed E-state index contributed by atoms with van der Waals surface area (Å²) < 4.78 is 3.21. The van der Waals surface area contributed by atoms with E-state index in [1.54, 1.807) is 11.3 Å². The van der Waals surface area contributed by atoms with Crippen LogP contribution >= 0.6 is 11.3 Å². The first-order chi connectivity index (χ1) is 18.1. The molecule has 0 radical (unpaired) electrons. The monoisotopic (exact) mass is 511 g/mol. The summed E-state index contributed by atoms with van der Waals surface area (Å²) in [6, 6.07) is 24.3. The number of amides is 2. The highest BCUT2D eigenvalue weighted by Gasteiger charge is 2.53. The number of fused-ring (bicyclic) bond motifs is 3. The zero-order valence-corrected chi connectivity index (χ0v) is 22.1. The maximum Gasteiger partial charge on any atom is 0.272 e. The lowest BCUT2D eigenvalue weighted by molar-refractivity contribution is -0.136. The molecule has 1 saturated carbocycles. The number of nitrogens with one attached hydrogen (secondary N) is 1. The molecule has 2 aromatic heterocycles. The van der Waals surface area contributed by atoms with Crippen molar-refractivity contribution in [3.63, 3.8) is 0 Å². The van der Waals surface area contributed by atoms with Crippen molar-refractivity contribution < 1.29 is 9.59 Å². The second-order valence-electron chi connectivity index (χ2n) is 10.3. The van der Waals surface area contributed by atoms with Gasteiger partial charge in [-0.2, -0.15) is 0 Å². The topological polar surface area (TPSA) is 54.3 Å². The molecule has 2 aromatic carbocycles. The smallest absolute Gasteiger partial charge is 0.272 e. The Hall–Kier alpha value is -3.38. The van der Waals surface area contributed by atoms with E-state index in [-0.39, 0.29) is 17.9 Å². The minimum absolute atomic E-state index is 0.0756. The Balaban J connectivity index is 1.53. The largest absolute Gasteiger partial charge is 0.351 e. The molecule has 5 nitrogen and oxygen atoms in total. The predicted octanol–water partition coefficient (Wildman–Crippen LogP) is 6.27. The zero-order valence-electron chi connectivity index (χ0n) is 21.3. The maximum atomic E-state index is 14.5. The minimum Gasteiger partial charge on any atom is -0.351 e. The van der Waals surface area contributed by atoms with Crippen molar-refractivity contribution in [3.05, 3.63) is 94.5 Å². The second-order valence-corrected chi connectivity index (χ2v) is 11.5. The molecule has 1 atom stereocenters. The molecule has 1 aliphatic heterocycles. The van der Waals surface area contributed by atoms with Gasteiger partial charge in [0.05, 0.1) is 16.8 Å². The quantitative estimate of drug-likeness (QED) is 0.332. The van der Waals surface area contributed by atoms with Crippen molar-refractivity contribution in [1.82, 2.24) is 14.8 Å². The molecule has 2 amide bonds. The average molecular weight is 512 g/mol. The highest BCUT2D eigenvalue weighted by atomic mass is 32.1. The first-order valence-electron chi connectivity index (χ1n) is 13.4. The van der Waals surface area contributed by atoms with Crippen molar-refractivity contribution in [2.45, 2.75) is 70.1 Å². The van der Waals surface area contributed by atoms with Crippen LogP contribution in [0.5, 0.6) is 0 Å². The van der Waals surface area contributed by atoms with Gasteiger partial charge in [-0.05, 0) is 42.5 Å². The van der Waals surface area contributed by atoms with Gasteiger partial charge in [0.25, 0.3) is 11.8 Å². The van der Waals surface area contributed by atoms with Gasteiger partial charge in [0.2, 0.25) is 0 Å². The summed E-state index contributed by atoms with van der Waals surface area (Å²) >= 11 is 1.74. The summed E-state index contributed by atoms with van der Waals surface area (Å²) in [6.07, 6.45) is 6.42. The molecule has 0 saturated heterocycles. The highest BCUT2D eigenvalue weighted by Crippen LogP contribution is 2.42. The number of aromatic nitrogens is 1. The summed E-state index contributed by atoms with van der Waals surface area (Å²) in [7, 11) is 0. The molecule has 1 unspecified atom stereocenters. The van der Waals surface area contributed by atoms with Crippen LogP contribution in [-0.2, 0) is 29.8 Å². The standard InChI is InChI=1S/C31H33N3O2S/c1-2-25-18-26-28(37-25)19-27-29(35)34(20-22-12-6-3-7-13-22)31(21-33(26)27,23-14-8-4-9-15-23)30(36)32-24-16-10-5-11-17-24/h3-4,6-9,12-15,18-19,24H,2,5,10-11,16-17,20-21H2,1H3,(H,32,36). The van der Waals surface area contributed by atoms with E-state index in [1.165, 1.54) is 11.3 Å². The normalized spacial score (nSPS) is 20.2. The molecule has 0 bridgehead atoms. The maximum absolute atomic E-state index is 14.5. The zero-order chi connectivity index (χ0) is 25.4. The highest BCUT2D eigenvalue weighted by molar-refractivity contribution is 7.19. The van der Waals surface area contributed by atoms with Crippen LogP contribution in [0, 0.1) is 0 Å². The molecule has 4 aromatic rings. The summed E-state index contributed by atoms with van der Waals surface area (Å²) in [5.74, 6) is -0.174. The molecule has 1 N–H and O–H groups in total. The van der Waals surface area contributed by atoms with Crippen molar-refractivity contribution in [2.24, 2.45) is 0 Å². The van der Waals surface area contributed by atoms with Crippen LogP contribution in [0.15, 0.2) is 72.8 Å². The Labute approximate surface area is 222 Å². The molecule has 6 rings (SSSR count). The summed E-state index contributed by atoms with van der Waals surface area (Å²) in [6.45, 7) is 2.92. The van der Waals surface area contributed by atoms with Crippen molar-refractivity contribution in [2.75, 3.05) is 0 Å². The second kappa shape index (κ2) is 9.82. The average Bonchev–Trinajstić information content (AvgIpc) is 3.50. The molecule has 3 heterocycles. The van der Waals surface area contributed by atoms with Crippen molar-refractivity contribution >= 4 is 33.4 Å². The Kier molecular flexibility index (Phi) is 6.37. The van der Waals surface area contributed by atoms with Crippen molar-refractivity contribution in [3.8, 4) is 0 Å². The number of carbonyl (C=O) groups is 2. The molecular weight excluding hydrogens is 478 g/mol. The third-order valence-electron chi connectivity index (χ3n) is 8.05. The van der Waals surface area contributed by atoms with Crippen LogP contribution in [0.2, 0.25) is 0 Å². The molecule has 1 fully saturated rings. The fraction of sp³-hybridized carbons (Fsp3) is 0.355. The number of aryl methyl sites for hydroxylation is 1. The number of benzene rings is 2. The fourth-order valence-corrected chi connectivity index (χ4v) is 7.09. The van der Waals surface area contributed by atoms with E-state index >= 15 is 0 Å². The van der Waals surface area contributed by atoms with E-state index in [4.69, 9.17) is 0 Å². The lowest BCUT2D eigenvalue weighted by Gasteiger charge is -2.47. The first-order valence-corrected chi connectivity index (χ1v) is 14.3. The van der Waals surface area contributed by atoms with Gasteiger partial charge in [-0.3, -0.25) is 9.59 Å². The van der Waals surface area contributed by atoms with E-state index < -0.39 is 5.54 Å². The van der Waals surface area contributed by atoms with Crippen LogP contribution in [0.4, 0.5) is 0 Å². The lowest BCUT2D eigenvalue weighted by Crippen LogP contribution is -2.64. The number of carbonyl (C=O) groups excluding carboxylic acids is 2. The van der Waals surface area contributed by atoms with Crippen molar-refractivity contribution in [1.29, 1.82) is 0 Å². The fourth-order valence-electron chi connectivity index (χ4n) is 6.05. The van der Waals surface area contributed by atoms with Gasteiger partial charge in [0.1, 0.15) is 5.69 Å². The van der Waals surface area contributed by atoms with Crippen LogP contribution in [0.25, 0.3) is 10.2 Å². The molecule has 1 aliphatic carbocycles. The van der Waals surface area contributed by atoms with E-state index in [9.17, 15) is 9.59 Å². The number of hydrogen-bond acceptors (Lipinski definition) is 3. The van der Waals surface area contributed by atoms with E-state index in [2.05, 4.69) is 22.9 Å². The SMILES string of the molecule is CCc1cc2c(cc3n2CC(C(=O)NC2CCCCC2)(c2ccccc2)N(Cc2ccccc2)C3=O)s1. The molecule has 6 heteroatoms. The van der Waals surface area contributed by atoms with Gasteiger partial charge in [-0.1, -0.05) is 86.8 Å². The van der Waals surface area contributed by atoms with E-state index in [0.717, 1.165) is 53.4 Å². The van der Waals surface area contributed by atoms with Gasteiger partial charge in [-0.15, -0.1) is 11.3 Å². The molecular formula is C31H33N3O2S. The Bertz CT molecular complexity index is 1420. The predicted molar refractivity (Wildman–Crippen MR) is 149 cm³/mol. The number of nitrogens with zero attached hydrogens (tertiary/aromatic N) is 2. The van der Waals surface area contributed by atoms with E-state index in [0.29, 0.717) is 18.8 Å². The first kappa shape index (κ1) is 24.0. The summed E-state index contributed by atoms with van der Waals surface area (Å²) in [5, 5.41) is 3.41. The Morgan fingerprint density at radius 3 is 2.41 bits per heavy atom. The van der Waals surface area contributed by atoms with Gasteiger partial charge in [0.15, 0.2) is 5.54 Å². The third-order valence-corrected chi connectivity index (χ3v) is 9.27. The summed E-state index contributed by atoms with van der Waals surface area (Å²) in [5.41, 5.74) is 2.42. The van der Waals surface area contributed by atoms with Crippen LogP contribution < -0.4 is 5.32 Å². The van der Waals surface area contributed by atoms with Gasteiger partial charge < -0.3 is 14.8 Å². The van der Waals surface area contributed by atoms with Gasteiger partial charge >= 0.3 is 0 Å². The number of rotatable bonds is 6. The Morgan fingerprint density at radius 2 is 1.70 bits per heavy atom. The molecule has 0 spiro atoms. The summed E-state index contributed by atoms with van der Waals surface area (Å²) in [4.78, 5) is 32.0. The Morgan fingerprint density at radius 1 is 1.00 bits per heavy atom. The van der Waals surface area contributed by atoms with Gasteiger partial charge in [-0.25, -0.2) is 0 Å². The molecule has 190 valence electrons. The molecule has 2 aliphatic rings. The molecule has 37 heavy (non-hydrogen) atoms. The van der Waals surface area contributed by atoms with Crippen LogP contribution in [-0.4, -0.2) is 27.3 Å².